The molecule has 0 saturated carbocycles. The third-order valence-electron chi connectivity index (χ3n) is 2.65. The number of hydrogen-bond donors (Lipinski definition) is 2. The van der Waals surface area contributed by atoms with Gasteiger partial charge in [0.2, 0.25) is 5.43 Å². The Morgan fingerprint density at radius 3 is 2.38 bits per heavy atom. The van der Waals surface area contributed by atoms with Crippen molar-refractivity contribution in [2.45, 2.75) is 13.8 Å². The molecular formula is C12H11NO3. The minimum absolute atomic E-state index is 0.179. The quantitative estimate of drug-likeness (QED) is 0.651. The van der Waals surface area contributed by atoms with Gasteiger partial charge in [-0.2, -0.15) is 0 Å². The van der Waals surface area contributed by atoms with Gasteiger partial charge in [0.15, 0.2) is 0 Å². The summed E-state index contributed by atoms with van der Waals surface area (Å²) < 4.78 is 0. The summed E-state index contributed by atoms with van der Waals surface area (Å²) in [6, 6.07) is 4.43. The Morgan fingerprint density at radius 1 is 1.06 bits per heavy atom. The van der Waals surface area contributed by atoms with Crippen molar-refractivity contribution in [2.75, 3.05) is 0 Å². The van der Waals surface area contributed by atoms with Crippen LogP contribution in [0, 0.1) is 13.8 Å². The SMILES string of the molecule is Cc1cc2[nH]c(=O)c(=O)cc(O)c2cc1C. The fourth-order valence-corrected chi connectivity index (χ4v) is 1.58. The molecule has 1 aromatic carbocycles. The summed E-state index contributed by atoms with van der Waals surface area (Å²) in [6.45, 7) is 3.80. The van der Waals surface area contributed by atoms with Gasteiger partial charge in [0.25, 0.3) is 5.56 Å². The second kappa shape index (κ2) is 3.48. The van der Waals surface area contributed by atoms with E-state index in [1.807, 2.05) is 13.8 Å². The van der Waals surface area contributed by atoms with Crippen LogP contribution in [0.25, 0.3) is 10.9 Å². The maximum Gasteiger partial charge on any atom is 0.296 e. The molecule has 0 aliphatic carbocycles. The van der Waals surface area contributed by atoms with Crippen LogP contribution in [0.3, 0.4) is 0 Å². The highest BCUT2D eigenvalue weighted by molar-refractivity contribution is 5.85. The lowest BCUT2D eigenvalue weighted by atomic mass is 10.1. The van der Waals surface area contributed by atoms with Crippen molar-refractivity contribution in [3.63, 3.8) is 0 Å². The van der Waals surface area contributed by atoms with Crippen LogP contribution in [0.1, 0.15) is 11.1 Å². The first kappa shape index (κ1) is 10.4. The summed E-state index contributed by atoms with van der Waals surface area (Å²) in [5.41, 5.74) is 0.966. The number of H-pyrrole nitrogens is 1. The summed E-state index contributed by atoms with van der Waals surface area (Å²) in [5, 5.41) is 10.2. The van der Waals surface area contributed by atoms with Crippen LogP contribution < -0.4 is 11.0 Å². The number of rotatable bonds is 0. The molecular weight excluding hydrogens is 206 g/mol. The van der Waals surface area contributed by atoms with Crippen LogP contribution in [0.15, 0.2) is 27.8 Å². The van der Waals surface area contributed by atoms with Crippen molar-refractivity contribution < 1.29 is 5.11 Å². The van der Waals surface area contributed by atoms with Crippen LogP contribution in [-0.4, -0.2) is 10.1 Å². The number of aromatic nitrogens is 1. The van der Waals surface area contributed by atoms with Crippen LogP contribution in [0.5, 0.6) is 5.75 Å². The lowest BCUT2D eigenvalue weighted by molar-refractivity contribution is 0.481. The molecule has 4 heteroatoms. The third-order valence-corrected chi connectivity index (χ3v) is 2.65. The maximum absolute atomic E-state index is 11.3. The summed E-state index contributed by atoms with van der Waals surface area (Å²) in [6.07, 6.45) is 0. The summed E-state index contributed by atoms with van der Waals surface area (Å²) in [5.74, 6) is -0.179. The highest BCUT2D eigenvalue weighted by Crippen LogP contribution is 2.22. The van der Waals surface area contributed by atoms with Crippen molar-refractivity contribution in [3.05, 3.63) is 49.9 Å². The predicted molar refractivity (Wildman–Crippen MR) is 62.0 cm³/mol. The van der Waals surface area contributed by atoms with Crippen LogP contribution in [0.4, 0.5) is 0 Å². The second-order valence-electron chi connectivity index (χ2n) is 3.83. The first-order valence-electron chi connectivity index (χ1n) is 4.86. The van der Waals surface area contributed by atoms with E-state index < -0.39 is 11.0 Å². The molecule has 4 nitrogen and oxygen atoms in total. The summed E-state index contributed by atoms with van der Waals surface area (Å²) in [4.78, 5) is 25.0. The standard InChI is InChI=1S/C12H11NO3/c1-6-3-8-9(4-7(6)2)13-12(16)11(15)5-10(8)14/h3-5,14H,1-2H3,(H,13,15,16). The van der Waals surface area contributed by atoms with Crippen LogP contribution >= 0.6 is 0 Å². The number of benzene rings is 1. The van der Waals surface area contributed by atoms with Gasteiger partial charge in [0.1, 0.15) is 5.75 Å². The second-order valence-corrected chi connectivity index (χ2v) is 3.83. The van der Waals surface area contributed by atoms with Crippen molar-refractivity contribution in [3.8, 4) is 5.75 Å². The molecule has 2 N–H and O–H groups in total. The first-order chi connectivity index (χ1) is 7.49. The number of hydrogen-bond acceptors (Lipinski definition) is 3. The van der Waals surface area contributed by atoms with Crippen molar-refractivity contribution in [1.29, 1.82) is 0 Å². The van der Waals surface area contributed by atoms with Gasteiger partial charge in [-0.05, 0) is 37.1 Å². The number of aromatic hydroxyl groups is 1. The van der Waals surface area contributed by atoms with Gasteiger partial charge in [-0.25, -0.2) is 0 Å². The zero-order valence-electron chi connectivity index (χ0n) is 9.00. The highest BCUT2D eigenvalue weighted by Gasteiger charge is 2.04. The Labute approximate surface area is 91.2 Å². The van der Waals surface area contributed by atoms with Gasteiger partial charge in [-0.1, -0.05) is 0 Å². The molecule has 0 unspecified atom stereocenters. The Hall–Kier alpha value is -2.10. The highest BCUT2D eigenvalue weighted by atomic mass is 16.3. The smallest absolute Gasteiger partial charge is 0.296 e. The lowest BCUT2D eigenvalue weighted by Gasteiger charge is -2.01. The molecule has 0 amide bonds. The molecule has 82 valence electrons. The van der Waals surface area contributed by atoms with E-state index in [2.05, 4.69) is 4.98 Å². The molecule has 0 radical (unpaired) electrons. The minimum atomic E-state index is -0.746. The molecule has 0 fully saturated rings. The van der Waals surface area contributed by atoms with Crippen molar-refractivity contribution in [1.82, 2.24) is 4.98 Å². The van der Waals surface area contributed by atoms with E-state index in [4.69, 9.17) is 0 Å². The van der Waals surface area contributed by atoms with Crippen LogP contribution in [-0.2, 0) is 0 Å². The molecule has 2 rings (SSSR count). The number of nitrogens with one attached hydrogen (secondary N) is 1. The predicted octanol–water partition coefficient (Wildman–Crippen LogP) is 1.21. The van der Waals surface area contributed by atoms with Gasteiger partial charge >= 0.3 is 0 Å². The fourth-order valence-electron chi connectivity index (χ4n) is 1.58. The maximum atomic E-state index is 11.3. The minimum Gasteiger partial charge on any atom is -0.507 e. The molecule has 0 bridgehead atoms. The fraction of sp³-hybridized carbons (Fsp3) is 0.167. The Morgan fingerprint density at radius 2 is 1.69 bits per heavy atom. The van der Waals surface area contributed by atoms with E-state index >= 15 is 0 Å². The van der Waals surface area contributed by atoms with Gasteiger partial charge in [-0.15, -0.1) is 0 Å². The Kier molecular flexibility index (Phi) is 2.27. The third kappa shape index (κ3) is 1.58. The molecule has 0 saturated heterocycles. The monoisotopic (exact) mass is 217 g/mol. The van der Waals surface area contributed by atoms with Gasteiger partial charge in [0.05, 0.1) is 5.52 Å². The number of fused-ring (bicyclic) bond motifs is 1. The molecule has 0 aliphatic rings. The molecule has 0 atom stereocenters. The first-order valence-corrected chi connectivity index (χ1v) is 4.86. The number of aryl methyl sites for hydroxylation is 2. The average Bonchev–Trinajstić information content (AvgIpc) is 2.30. The normalized spacial score (nSPS) is 10.6. The molecule has 0 spiro atoms. The lowest BCUT2D eigenvalue weighted by Crippen LogP contribution is -2.22. The van der Waals surface area contributed by atoms with Crippen molar-refractivity contribution in [2.24, 2.45) is 0 Å². The number of aromatic amines is 1. The molecule has 2 aromatic rings. The Bertz CT molecular complexity index is 686. The van der Waals surface area contributed by atoms with E-state index in [1.165, 1.54) is 0 Å². The van der Waals surface area contributed by atoms with E-state index in [9.17, 15) is 14.7 Å². The van der Waals surface area contributed by atoms with E-state index in [-0.39, 0.29) is 5.75 Å². The Balaban J connectivity index is 3.10. The average molecular weight is 217 g/mol. The molecule has 1 heterocycles. The largest absolute Gasteiger partial charge is 0.507 e. The summed E-state index contributed by atoms with van der Waals surface area (Å²) >= 11 is 0. The zero-order chi connectivity index (χ0) is 11.9. The topological polar surface area (TPSA) is 70.2 Å². The van der Waals surface area contributed by atoms with Crippen LogP contribution in [0.2, 0.25) is 0 Å². The summed E-state index contributed by atoms with van der Waals surface area (Å²) in [7, 11) is 0. The molecule has 0 aliphatic heterocycles. The van der Waals surface area contributed by atoms with E-state index in [0.717, 1.165) is 17.2 Å². The van der Waals surface area contributed by atoms with Gasteiger partial charge in [0, 0.05) is 11.5 Å². The van der Waals surface area contributed by atoms with E-state index in [1.54, 1.807) is 12.1 Å². The zero-order valence-corrected chi connectivity index (χ0v) is 9.00. The van der Waals surface area contributed by atoms with Gasteiger partial charge in [-0.3, -0.25) is 9.59 Å². The van der Waals surface area contributed by atoms with Crippen molar-refractivity contribution >= 4 is 10.9 Å². The molecule has 1 aromatic heterocycles. The van der Waals surface area contributed by atoms with E-state index in [0.29, 0.717) is 10.9 Å². The molecule has 16 heavy (non-hydrogen) atoms. The van der Waals surface area contributed by atoms with Gasteiger partial charge < -0.3 is 10.1 Å².